The molecule has 0 aliphatic carbocycles. The van der Waals surface area contributed by atoms with E-state index < -0.39 is 49.5 Å². The lowest BCUT2D eigenvalue weighted by molar-refractivity contribution is -0.302. The van der Waals surface area contributed by atoms with Crippen LogP contribution in [-0.2, 0) is 14.3 Å². The Morgan fingerprint density at radius 2 is 0.875 bits per heavy atom. The fourth-order valence-electron chi connectivity index (χ4n) is 7.47. The van der Waals surface area contributed by atoms with Gasteiger partial charge in [-0.2, -0.15) is 0 Å². The van der Waals surface area contributed by atoms with Crippen LogP contribution in [0.15, 0.2) is 158 Å². The molecule has 9 nitrogen and oxygen atoms in total. The second-order valence-electron chi connectivity index (χ2n) is 18.3. The van der Waals surface area contributed by atoms with Crippen molar-refractivity contribution >= 4 is 5.91 Å². The Morgan fingerprint density at radius 3 is 1.33 bits per heavy atom. The number of ether oxygens (including phenoxy) is 2. The van der Waals surface area contributed by atoms with Crippen LogP contribution in [0, 0.1) is 0 Å². The molecule has 6 N–H and O–H groups in total. The zero-order valence-corrected chi connectivity index (χ0v) is 44.6. The first-order valence-corrected chi connectivity index (χ1v) is 27.7. The van der Waals surface area contributed by atoms with Gasteiger partial charge in [0.2, 0.25) is 5.91 Å². The van der Waals surface area contributed by atoms with Crippen LogP contribution < -0.4 is 5.32 Å². The quantitative estimate of drug-likeness (QED) is 0.0261. The first-order valence-electron chi connectivity index (χ1n) is 27.7. The predicted molar refractivity (Wildman–Crippen MR) is 303 cm³/mol. The van der Waals surface area contributed by atoms with E-state index >= 15 is 0 Å². The molecule has 1 saturated heterocycles. The number of rotatable bonds is 44. The van der Waals surface area contributed by atoms with E-state index in [1.54, 1.807) is 6.08 Å². The molecule has 0 radical (unpaired) electrons. The predicted octanol–water partition coefficient (Wildman–Crippen LogP) is 13.7. The highest BCUT2D eigenvalue weighted by Gasteiger charge is 2.44. The zero-order valence-electron chi connectivity index (χ0n) is 44.6. The van der Waals surface area contributed by atoms with Crippen LogP contribution in [0.25, 0.3) is 0 Å². The minimum atomic E-state index is -1.58. The molecular weight excluding hydrogens is 899 g/mol. The summed E-state index contributed by atoms with van der Waals surface area (Å²) in [5, 5.41) is 54.1. The summed E-state index contributed by atoms with van der Waals surface area (Å²) in [6.45, 7) is 3.56. The molecule has 0 aromatic heterocycles. The molecule has 7 unspecified atom stereocenters. The fourth-order valence-corrected chi connectivity index (χ4v) is 7.47. The number of aliphatic hydroxyl groups is 5. The van der Waals surface area contributed by atoms with Crippen LogP contribution in [0.1, 0.15) is 174 Å². The van der Waals surface area contributed by atoms with E-state index in [-0.39, 0.29) is 12.5 Å². The second kappa shape index (κ2) is 50.3. The highest BCUT2D eigenvalue weighted by atomic mass is 16.7. The van der Waals surface area contributed by atoms with Crippen LogP contribution in [-0.4, -0.2) is 87.5 Å². The Balaban J connectivity index is 2.19. The lowest BCUT2D eigenvalue weighted by atomic mass is 9.99. The van der Waals surface area contributed by atoms with Gasteiger partial charge in [0.15, 0.2) is 6.29 Å². The summed E-state index contributed by atoms with van der Waals surface area (Å²) in [5.74, 6) is -0.216. The molecule has 72 heavy (non-hydrogen) atoms. The minimum absolute atomic E-state index is 0.216. The standard InChI is InChI=1S/C63H99NO8/c1-3-5-7-9-11-13-15-16-17-18-19-20-21-22-23-24-25-26-27-28-29-30-31-32-33-34-35-36-37-38-39-40-41-42-43-45-47-49-51-53-59(67)64-56(55-71-63-62(70)61(69)60(68)58(54-65)72-63)57(66)52-50-48-46-44-14-12-10-8-6-4-2/h5,7,11,13-14,16-17,19-20,22-23,25-26,28-29,31-32,34-35,37-38,40-41,44,50,52,56-58,60-63,65-66,68-70H,3-4,6,8-10,12,15,18,21,24,27,30,33,36,39,42-43,45-49,51,53-55H2,1-2H3,(H,64,67)/b7-5-,13-11-,17-16-,20-19-,23-22-,26-25-,29-28-,32-31-,35-34-,38-37-,41-40-,44-14+,52-50+. The molecule has 1 aliphatic rings. The number of amides is 1. The molecule has 1 aliphatic heterocycles. The maximum atomic E-state index is 13.0. The summed E-state index contributed by atoms with van der Waals surface area (Å²) in [7, 11) is 0. The van der Waals surface area contributed by atoms with Gasteiger partial charge in [0.05, 0.1) is 25.4 Å². The monoisotopic (exact) mass is 998 g/mol. The Bertz CT molecular complexity index is 1680. The maximum Gasteiger partial charge on any atom is 0.220 e. The van der Waals surface area contributed by atoms with Gasteiger partial charge in [0.1, 0.15) is 24.4 Å². The van der Waals surface area contributed by atoms with E-state index in [2.05, 4.69) is 165 Å². The van der Waals surface area contributed by atoms with Crippen LogP contribution in [0.5, 0.6) is 0 Å². The van der Waals surface area contributed by atoms with Crippen molar-refractivity contribution in [3.63, 3.8) is 0 Å². The number of carbonyl (C=O) groups is 1. The molecule has 404 valence electrons. The Morgan fingerprint density at radius 1 is 0.486 bits per heavy atom. The van der Waals surface area contributed by atoms with Gasteiger partial charge in [-0.3, -0.25) is 4.79 Å². The van der Waals surface area contributed by atoms with Gasteiger partial charge >= 0.3 is 0 Å². The van der Waals surface area contributed by atoms with Crippen LogP contribution in [0.4, 0.5) is 0 Å². The number of carbonyl (C=O) groups excluding carboxylic acids is 1. The summed E-state index contributed by atoms with van der Waals surface area (Å²) in [4.78, 5) is 13.0. The van der Waals surface area contributed by atoms with E-state index in [1.807, 2.05) is 6.08 Å². The third-order valence-corrected chi connectivity index (χ3v) is 11.8. The molecule has 1 rings (SSSR count). The van der Waals surface area contributed by atoms with E-state index in [0.29, 0.717) is 6.42 Å². The van der Waals surface area contributed by atoms with Gasteiger partial charge in [-0.1, -0.05) is 210 Å². The van der Waals surface area contributed by atoms with Gasteiger partial charge in [0, 0.05) is 6.42 Å². The van der Waals surface area contributed by atoms with Crippen LogP contribution in [0.2, 0.25) is 0 Å². The van der Waals surface area contributed by atoms with Crippen LogP contribution in [0.3, 0.4) is 0 Å². The minimum Gasteiger partial charge on any atom is -0.394 e. The second-order valence-corrected chi connectivity index (χ2v) is 18.3. The lowest BCUT2D eigenvalue weighted by Gasteiger charge is -2.40. The number of hydrogen-bond donors (Lipinski definition) is 6. The average molecular weight is 998 g/mol. The normalized spacial score (nSPS) is 20.5. The molecule has 1 amide bonds. The Kier molecular flexibility index (Phi) is 46.0. The highest BCUT2D eigenvalue weighted by Crippen LogP contribution is 2.22. The first-order chi connectivity index (χ1) is 35.3. The van der Waals surface area contributed by atoms with E-state index in [1.165, 1.54) is 25.7 Å². The Hall–Kier alpha value is -4.19. The van der Waals surface area contributed by atoms with Crippen molar-refractivity contribution in [3.8, 4) is 0 Å². The molecule has 1 heterocycles. The average Bonchev–Trinajstić information content (AvgIpc) is 3.38. The highest BCUT2D eigenvalue weighted by molar-refractivity contribution is 5.76. The number of unbranched alkanes of at least 4 members (excludes halogenated alkanes) is 10. The number of aliphatic hydroxyl groups excluding tert-OH is 5. The molecule has 1 fully saturated rings. The molecule has 0 aromatic rings. The molecule has 0 aromatic carbocycles. The van der Waals surface area contributed by atoms with E-state index in [4.69, 9.17) is 9.47 Å². The molecule has 0 bridgehead atoms. The number of hydrogen-bond acceptors (Lipinski definition) is 8. The summed E-state index contributed by atoms with van der Waals surface area (Å²) >= 11 is 0. The first kappa shape index (κ1) is 65.8. The van der Waals surface area contributed by atoms with Gasteiger partial charge in [-0.25, -0.2) is 0 Å². The van der Waals surface area contributed by atoms with Crippen molar-refractivity contribution in [1.82, 2.24) is 5.32 Å². The van der Waals surface area contributed by atoms with Crippen molar-refractivity contribution in [2.24, 2.45) is 0 Å². The number of allylic oxidation sites excluding steroid dienone is 25. The van der Waals surface area contributed by atoms with E-state index in [9.17, 15) is 30.3 Å². The third kappa shape index (κ3) is 39.4. The third-order valence-electron chi connectivity index (χ3n) is 11.8. The van der Waals surface area contributed by atoms with Crippen molar-refractivity contribution in [2.45, 2.75) is 217 Å². The molecule has 0 saturated carbocycles. The van der Waals surface area contributed by atoms with Gasteiger partial charge in [0.25, 0.3) is 0 Å². The molecule has 0 spiro atoms. The maximum absolute atomic E-state index is 13.0. The summed E-state index contributed by atoms with van der Waals surface area (Å²) in [6.07, 6.45) is 73.2. The van der Waals surface area contributed by atoms with Crippen molar-refractivity contribution in [1.29, 1.82) is 0 Å². The molecule has 7 atom stereocenters. The smallest absolute Gasteiger partial charge is 0.220 e. The topological polar surface area (TPSA) is 149 Å². The number of nitrogens with one attached hydrogen (secondary N) is 1. The van der Waals surface area contributed by atoms with Gasteiger partial charge < -0.3 is 40.3 Å². The summed E-state index contributed by atoms with van der Waals surface area (Å²) in [6, 6.07) is -0.842. The fraction of sp³-hybridized carbons (Fsp3) is 0.571. The summed E-state index contributed by atoms with van der Waals surface area (Å²) < 4.78 is 11.2. The van der Waals surface area contributed by atoms with Gasteiger partial charge in [-0.05, 0) is 116 Å². The van der Waals surface area contributed by atoms with Crippen LogP contribution >= 0.6 is 0 Å². The molecular formula is C63H99NO8. The SMILES string of the molecule is CC/C=C\C/C=C\C/C=C\C/C=C\C/C=C\C/C=C\C/C=C\C/C=C\C/C=C\C/C=C\C/C=C\CCCCCCCC(=O)NC(COC1OC(CO)C(O)C(O)C1O)C(O)/C=C/CC/C=C/CCCCCC. The Labute approximate surface area is 437 Å². The van der Waals surface area contributed by atoms with Crippen molar-refractivity contribution in [3.05, 3.63) is 158 Å². The van der Waals surface area contributed by atoms with Crippen molar-refractivity contribution < 1.29 is 39.8 Å². The summed E-state index contributed by atoms with van der Waals surface area (Å²) in [5.41, 5.74) is 0. The van der Waals surface area contributed by atoms with Gasteiger partial charge in [-0.15, -0.1) is 0 Å². The lowest BCUT2D eigenvalue weighted by Crippen LogP contribution is -2.60. The van der Waals surface area contributed by atoms with Crippen molar-refractivity contribution in [2.75, 3.05) is 13.2 Å². The molecule has 9 heteroatoms. The largest absolute Gasteiger partial charge is 0.394 e. The van der Waals surface area contributed by atoms with E-state index in [0.717, 1.165) is 128 Å². The zero-order chi connectivity index (χ0) is 52.2.